The lowest BCUT2D eigenvalue weighted by molar-refractivity contribution is -0.136. The highest BCUT2D eigenvalue weighted by molar-refractivity contribution is 6.39. The van der Waals surface area contributed by atoms with E-state index in [-0.39, 0.29) is 12.5 Å². The van der Waals surface area contributed by atoms with E-state index in [9.17, 15) is 14.4 Å². The minimum Gasteiger partial charge on any atom is -0.494 e. The number of anilines is 1. The number of nitrogens with zero attached hydrogens (tertiary/aromatic N) is 1. The number of hydrogen-bond donors (Lipinski definition) is 3. The molecule has 0 heterocycles. The van der Waals surface area contributed by atoms with Crippen LogP contribution in [0.5, 0.6) is 11.5 Å². The quantitative estimate of drug-likeness (QED) is 0.218. The summed E-state index contributed by atoms with van der Waals surface area (Å²) in [5.41, 5.74) is 4.25. The Morgan fingerprint density at radius 3 is 2.39 bits per heavy atom. The Morgan fingerprint density at radius 2 is 1.64 bits per heavy atom. The molecule has 3 rings (SSSR count). The van der Waals surface area contributed by atoms with Gasteiger partial charge in [-0.05, 0) is 53.9 Å². The molecule has 0 aromatic heterocycles. The third-order valence-corrected chi connectivity index (χ3v) is 4.73. The summed E-state index contributed by atoms with van der Waals surface area (Å²) in [7, 11) is 0. The maximum absolute atomic E-state index is 12.1. The minimum atomic E-state index is -0.917. The summed E-state index contributed by atoms with van der Waals surface area (Å²) in [6, 6.07) is 23.1. The highest BCUT2D eigenvalue weighted by Crippen LogP contribution is 2.16. The topological polar surface area (TPSA) is 118 Å². The van der Waals surface area contributed by atoms with Crippen LogP contribution < -0.4 is 25.5 Å². The van der Waals surface area contributed by atoms with E-state index in [1.165, 1.54) is 6.21 Å². The van der Waals surface area contributed by atoms with Gasteiger partial charge in [0, 0.05) is 12.2 Å². The Kier molecular flexibility index (Phi) is 10.0. The standard InChI is InChI=1S/C27H28N4O5/c1-2-15-35-23-13-11-22(12-14-23)30-26(33)27(34)31-29-18-21-9-6-10-24(16-21)36-19-25(32)28-17-20-7-4-3-5-8-20/h3-14,16,18H,2,15,17,19H2,1H3,(H,28,32)(H,30,33)(H,31,34)/b29-18-. The molecule has 9 nitrogen and oxygen atoms in total. The highest BCUT2D eigenvalue weighted by Gasteiger charge is 2.13. The first-order valence-corrected chi connectivity index (χ1v) is 11.4. The molecule has 0 saturated carbocycles. The molecule has 3 aromatic carbocycles. The number of hydrazone groups is 1. The number of amides is 3. The normalized spacial score (nSPS) is 10.5. The Hall–Kier alpha value is -4.66. The number of carbonyl (C=O) groups is 3. The molecule has 9 heteroatoms. The fourth-order valence-corrected chi connectivity index (χ4v) is 2.94. The molecule has 0 fully saturated rings. The summed E-state index contributed by atoms with van der Waals surface area (Å²) < 4.78 is 11.0. The lowest BCUT2D eigenvalue weighted by Gasteiger charge is -2.08. The molecular weight excluding hydrogens is 460 g/mol. The number of rotatable bonds is 11. The summed E-state index contributed by atoms with van der Waals surface area (Å²) in [5.74, 6) is -0.875. The first-order chi connectivity index (χ1) is 17.5. The van der Waals surface area contributed by atoms with Crippen LogP contribution in [-0.4, -0.2) is 37.1 Å². The van der Waals surface area contributed by atoms with Crippen molar-refractivity contribution in [3.63, 3.8) is 0 Å². The van der Waals surface area contributed by atoms with Gasteiger partial charge in [0.1, 0.15) is 11.5 Å². The van der Waals surface area contributed by atoms with Crippen LogP contribution in [0.1, 0.15) is 24.5 Å². The Bertz CT molecular complexity index is 1180. The van der Waals surface area contributed by atoms with E-state index in [2.05, 4.69) is 21.2 Å². The fourth-order valence-electron chi connectivity index (χ4n) is 2.94. The fraction of sp³-hybridized carbons (Fsp3) is 0.185. The van der Waals surface area contributed by atoms with Crippen LogP contribution in [0.2, 0.25) is 0 Å². The average molecular weight is 489 g/mol. The monoisotopic (exact) mass is 488 g/mol. The molecule has 0 unspecified atom stereocenters. The second-order valence-electron chi connectivity index (χ2n) is 7.65. The number of hydrogen-bond acceptors (Lipinski definition) is 6. The van der Waals surface area contributed by atoms with E-state index in [1.807, 2.05) is 37.3 Å². The molecule has 0 atom stereocenters. The van der Waals surface area contributed by atoms with E-state index in [4.69, 9.17) is 9.47 Å². The van der Waals surface area contributed by atoms with Crippen molar-refractivity contribution < 1.29 is 23.9 Å². The third-order valence-electron chi connectivity index (χ3n) is 4.73. The summed E-state index contributed by atoms with van der Waals surface area (Å²) in [5, 5.41) is 9.09. The van der Waals surface area contributed by atoms with Crippen LogP contribution in [0.25, 0.3) is 0 Å². The van der Waals surface area contributed by atoms with Gasteiger partial charge in [-0.25, -0.2) is 5.43 Å². The zero-order valence-electron chi connectivity index (χ0n) is 19.9. The van der Waals surface area contributed by atoms with Crippen LogP contribution >= 0.6 is 0 Å². The molecule has 0 radical (unpaired) electrons. The van der Waals surface area contributed by atoms with Gasteiger partial charge >= 0.3 is 11.8 Å². The lowest BCUT2D eigenvalue weighted by atomic mass is 10.2. The molecule has 3 amide bonds. The number of nitrogens with one attached hydrogen (secondary N) is 3. The van der Waals surface area contributed by atoms with Crippen LogP contribution in [0.3, 0.4) is 0 Å². The largest absolute Gasteiger partial charge is 0.494 e. The van der Waals surface area contributed by atoms with Crippen molar-refractivity contribution in [1.29, 1.82) is 0 Å². The van der Waals surface area contributed by atoms with Gasteiger partial charge in [0.25, 0.3) is 5.91 Å². The second-order valence-corrected chi connectivity index (χ2v) is 7.65. The highest BCUT2D eigenvalue weighted by atomic mass is 16.5. The number of ether oxygens (including phenoxy) is 2. The van der Waals surface area contributed by atoms with E-state index >= 15 is 0 Å². The smallest absolute Gasteiger partial charge is 0.329 e. The molecule has 3 aromatic rings. The van der Waals surface area contributed by atoms with Crippen molar-refractivity contribution >= 4 is 29.6 Å². The van der Waals surface area contributed by atoms with Crippen molar-refractivity contribution in [2.45, 2.75) is 19.9 Å². The van der Waals surface area contributed by atoms with Crippen molar-refractivity contribution in [2.75, 3.05) is 18.5 Å². The van der Waals surface area contributed by atoms with Gasteiger partial charge in [0.2, 0.25) is 0 Å². The van der Waals surface area contributed by atoms with E-state index in [1.54, 1.807) is 48.5 Å². The lowest BCUT2D eigenvalue weighted by Crippen LogP contribution is -2.32. The van der Waals surface area contributed by atoms with Crippen molar-refractivity contribution in [2.24, 2.45) is 5.10 Å². The molecular formula is C27H28N4O5. The summed E-state index contributed by atoms with van der Waals surface area (Å²) >= 11 is 0. The predicted octanol–water partition coefficient (Wildman–Crippen LogP) is 3.26. The Labute approximate surface area is 209 Å². The van der Waals surface area contributed by atoms with E-state index in [0.29, 0.717) is 35.9 Å². The molecule has 0 bridgehead atoms. The molecule has 0 spiro atoms. The molecule has 0 aliphatic carbocycles. The number of carbonyl (C=O) groups excluding carboxylic acids is 3. The molecule has 3 N–H and O–H groups in total. The van der Waals surface area contributed by atoms with Crippen molar-refractivity contribution in [1.82, 2.24) is 10.7 Å². The van der Waals surface area contributed by atoms with Gasteiger partial charge in [-0.1, -0.05) is 49.4 Å². The molecule has 36 heavy (non-hydrogen) atoms. The van der Waals surface area contributed by atoms with Gasteiger partial charge < -0.3 is 20.1 Å². The molecule has 186 valence electrons. The second kappa shape index (κ2) is 13.9. The van der Waals surface area contributed by atoms with Crippen LogP contribution in [0.4, 0.5) is 5.69 Å². The minimum absolute atomic E-state index is 0.143. The zero-order valence-corrected chi connectivity index (χ0v) is 19.9. The van der Waals surface area contributed by atoms with Crippen LogP contribution in [0, 0.1) is 0 Å². The van der Waals surface area contributed by atoms with Gasteiger partial charge in [0.05, 0.1) is 12.8 Å². The van der Waals surface area contributed by atoms with E-state index in [0.717, 1.165) is 12.0 Å². The molecule has 0 aliphatic rings. The van der Waals surface area contributed by atoms with Crippen molar-refractivity contribution in [3.8, 4) is 11.5 Å². The number of benzene rings is 3. The molecule has 0 aliphatic heterocycles. The summed E-state index contributed by atoms with van der Waals surface area (Å²) in [6.45, 7) is 2.89. The molecule has 0 saturated heterocycles. The first kappa shape index (κ1) is 26.0. The maximum Gasteiger partial charge on any atom is 0.329 e. The van der Waals surface area contributed by atoms with Crippen molar-refractivity contribution in [3.05, 3.63) is 90.0 Å². The SMILES string of the molecule is CCCOc1ccc(NC(=O)C(=O)N/N=C\c2cccc(OCC(=O)NCc3ccccc3)c2)cc1. The van der Waals surface area contributed by atoms with Gasteiger partial charge in [-0.3, -0.25) is 14.4 Å². The van der Waals surface area contributed by atoms with Gasteiger partial charge in [-0.2, -0.15) is 5.10 Å². The maximum atomic E-state index is 12.1. The average Bonchev–Trinajstić information content (AvgIpc) is 2.91. The summed E-state index contributed by atoms with van der Waals surface area (Å²) in [4.78, 5) is 36.1. The Morgan fingerprint density at radius 1 is 0.861 bits per heavy atom. The third kappa shape index (κ3) is 8.94. The first-order valence-electron chi connectivity index (χ1n) is 11.4. The zero-order chi connectivity index (χ0) is 25.6. The van der Waals surface area contributed by atoms with Gasteiger partial charge in [-0.15, -0.1) is 0 Å². The predicted molar refractivity (Wildman–Crippen MR) is 137 cm³/mol. The Balaban J connectivity index is 1.42. The van der Waals surface area contributed by atoms with Crippen LogP contribution in [0.15, 0.2) is 84.0 Å². The van der Waals surface area contributed by atoms with Crippen LogP contribution in [-0.2, 0) is 20.9 Å². The van der Waals surface area contributed by atoms with E-state index < -0.39 is 11.8 Å². The van der Waals surface area contributed by atoms with Gasteiger partial charge in [0.15, 0.2) is 6.61 Å². The summed E-state index contributed by atoms with van der Waals surface area (Å²) in [6.07, 6.45) is 2.26.